The third-order valence-corrected chi connectivity index (χ3v) is 3.31. The summed E-state index contributed by atoms with van der Waals surface area (Å²) >= 11 is 6.19. The molecule has 6 heteroatoms. The number of hydrogen-bond acceptors (Lipinski definition) is 3. The molecular weight excluding hydrogens is 290 g/mol. The molecule has 0 saturated carbocycles. The summed E-state index contributed by atoms with van der Waals surface area (Å²) < 4.78 is 1.77. The molecule has 0 saturated heterocycles. The zero-order valence-corrected chi connectivity index (χ0v) is 12.6. The van der Waals surface area contributed by atoms with Crippen LogP contribution in [0.25, 0.3) is 11.8 Å². The predicted molar refractivity (Wildman–Crippen MR) is 81.8 cm³/mol. The van der Waals surface area contributed by atoms with E-state index in [1.54, 1.807) is 16.8 Å². The maximum atomic E-state index is 10.5. The van der Waals surface area contributed by atoms with Gasteiger partial charge in [0.15, 0.2) is 5.82 Å². The van der Waals surface area contributed by atoms with Crippen LogP contribution in [-0.2, 0) is 17.6 Å². The maximum absolute atomic E-state index is 10.5. The van der Waals surface area contributed by atoms with Crippen LogP contribution in [-0.4, -0.2) is 25.8 Å². The molecule has 0 aliphatic rings. The van der Waals surface area contributed by atoms with E-state index in [-0.39, 0.29) is 0 Å². The number of aliphatic carboxylic acids is 1. The van der Waals surface area contributed by atoms with Crippen LogP contribution >= 0.6 is 11.6 Å². The van der Waals surface area contributed by atoms with Crippen molar-refractivity contribution in [3.63, 3.8) is 0 Å². The molecule has 0 atom stereocenters. The van der Waals surface area contributed by atoms with Gasteiger partial charge in [0.1, 0.15) is 5.82 Å². The van der Waals surface area contributed by atoms with Crippen molar-refractivity contribution in [3.8, 4) is 5.69 Å². The third-order valence-electron chi connectivity index (χ3n) is 2.98. The highest BCUT2D eigenvalue weighted by atomic mass is 35.5. The maximum Gasteiger partial charge on any atom is 0.328 e. The van der Waals surface area contributed by atoms with Gasteiger partial charge in [-0.05, 0) is 23.8 Å². The van der Waals surface area contributed by atoms with Crippen molar-refractivity contribution in [1.82, 2.24) is 14.8 Å². The zero-order chi connectivity index (χ0) is 15.4. The minimum absolute atomic E-state index is 0.473. The van der Waals surface area contributed by atoms with E-state index in [4.69, 9.17) is 16.7 Å². The van der Waals surface area contributed by atoms with Crippen molar-refractivity contribution in [2.24, 2.45) is 0 Å². The lowest BCUT2D eigenvalue weighted by molar-refractivity contribution is -0.131. The number of rotatable bonds is 5. The summed E-state index contributed by atoms with van der Waals surface area (Å²) in [7, 11) is 0. The quantitative estimate of drug-likeness (QED) is 0.862. The summed E-state index contributed by atoms with van der Waals surface area (Å²) in [6.45, 7) is 4.03. The van der Waals surface area contributed by atoms with Crippen molar-refractivity contribution >= 4 is 23.6 Å². The van der Waals surface area contributed by atoms with Gasteiger partial charge in [0, 0.05) is 23.9 Å². The number of hydrogen-bond donors (Lipinski definition) is 1. The first-order valence-corrected chi connectivity index (χ1v) is 7.08. The van der Waals surface area contributed by atoms with Crippen LogP contribution in [0.2, 0.25) is 5.02 Å². The molecule has 2 aromatic rings. The Morgan fingerprint density at radius 3 is 2.71 bits per heavy atom. The molecule has 1 N–H and O–H groups in total. The predicted octanol–water partition coefficient (Wildman–Crippen LogP) is 3.14. The van der Waals surface area contributed by atoms with Crippen molar-refractivity contribution in [3.05, 3.63) is 46.5 Å². The van der Waals surface area contributed by atoms with E-state index in [0.717, 1.165) is 36.3 Å². The number of aromatic nitrogens is 3. The summed E-state index contributed by atoms with van der Waals surface area (Å²) in [4.78, 5) is 15.0. The Labute approximate surface area is 127 Å². The van der Waals surface area contributed by atoms with Gasteiger partial charge in [-0.2, -0.15) is 5.10 Å². The highest BCUT2D eigenvalue weighted by molar-refractivity contribution is 6.32. The molecule has 0 fully saturated rings. The van der Waals surface area contributed by atoms with Gasteiger partial charge in [0.05, 0.1) is 5.69 Å². The number of aryl methyl sites for hydroxylation is 2. The average Bonchev–Trinajstić information content (AvgIpc) is 2.89. The molecule has 0 aliphatic heterocycles. The van der Waals surface area contributed by atoms with Gasteiger partial charge in [-0.1, -0.05) is 31.5 Å². The molecule has 0 amide bonds. The second kappa shape index (κ2) is 6.54. The fraction of sp³-hybridized carbons (Fsp3) is 0.267. The zero-order valence-electron chi connectivity index (χ0n) is 11.9. The number of carboxylic acids is 1. The van der Waals surface area contributed by atoms with Crippen LogP contribution < -0.4 is 0 Å². The van der Waals surface area contributed by atoms with Crippen molar-refractivity contribution in [2.75, 3.05) is 0 Å². The van der Waals surface area contributed by atoms with Crippen molar-refractivity contribution < 1.29 is 9.90 Å². The standard InChI is InChI=1S/C15H16ClN3O2/c1-3-13-17-14(4-2)19(18-13)11-7-5-10(12(16)9-11)6-8-15(20)21/h5-9H,3-4H2,1-2H3,(H,20,21)/b8-6+. The minimum Gasteiger partial charge on any atom is -0.478 e. The topological polar surface area (TPSA) is 68.0 Å². The van der Waals surface area contributed by atoms with Gasteiger partial charge in [0.2, 0.25) is 0 Å². The number of nitrogens with zero attached hydrogens (tertiary/aromatic N) is 3. The average molecular weight is 306 g/mol. The van der Waals surface area contributed by atoms with Gasteiger partial charge < -0.3 is 5.11 Å². The molecule has 2 rings (SSSR count). The number of halogens is 1. The Bertz CT molecular complexity index is 692. The van der Waals surface area contributed by atoms with E-state index >= 15 is 0 Å². The van der Waals surface area contributed by atoms with Gasteiger partial charge in [0.25, 0.3) is 0 Å². The molecule has 5 nitrogen and oxygen atoms in total. The first kappa shape index (κ1) is 15.3. The van der Waals surface area contributed by atoms with E-state index in [9.17, 15) is 4.79 Å². The molecule has 0 spiro atoms. The van der Waals surface area contributed by atoms with Crippen LogP contribution in [0.4, 0.5) is 0 Å². The largest absolute Gasteiger partial charge is 0.478 e. The third kappa shape index (κ3) is 3.49. The summed E-state index contributed by atoms with van der Waals surface area (Å²) in [6, 6.07) is 5.38. The van der Waals surface area contributed by atoms with E-state index in [0.29, 0.717) is 10.6 Å². The molecule has 1 aromatic carbocycles. The molecular formula is C15H16ClN3O2. The monoisotopic (exact) mass is 305 g/mol. The second-order valence-electron chi connectivity index (χ2n) is 4.44. The number of carbonyl (C=O) groups is 1. The molecule has 110 valence electrons. The molecule has 1 aromatic heterocycles. The molecule has 0 bridgehead atoms. The number of benzene rings is 1. The SMILES string of the molecule is CCc1nc(CC)n(-c2ccc(/C=C/C(=O)O)c(Cl)c2)n1. The lowest BCUT2D eigenvalue weighted by atomic mass is 10.2. The molecule has 0 aliphatic carbocycles. The van der Waals surface area contributed by atoms with E-state index < -0.39 is 5.97 Å². The van der Waals surface area contributed by atoms with Crippen molar-refractivity contribution in [2.45, 2.75) is 26.7 Å². The minimum atomic E-state index is -1.01. The van der Waals surface area contributed by atoms with Crippen LogP contribution in [0.5, 0.6) is 0 Å². The Morgan fingerprint density at radius 1 is 1.38 bits per heavy atom. The highest BCUT2D eigenvalue weighted by Crippen LogP contribution is 2.22. The summed E-state index contributed by atoms with van der Waals surface area (Å²) in [5.74, 6) is 0.654. The first-order chi connectivity index (χ1) is 10.0. The molecule has 21 heavy (non-hydrogen) atoms. The first-order valence-electron chi connectivity index (χ1n) is 6.70. The Balaban J connectivity index is 2.40. The van der Waals surface area contributed by atoms with Crippen LogP contribution in [0, 0.1) is 0 Å². The fourth-order valence-corrected chi connectivity index (χ4v) is 2.16. The van der Waals surface area contributed by atoms with E-state index in [1.807, 2.05) is 19.9 Å². The molecule has 1 heterocycles. The van der Waals surface area contributed by atoms with Gasteiger partial charge in [-0.3, -0.25) is 0 Å². The summed E-state index contributed by atoms with van der Waals surface area (Å²) in [6.07, 6.45) is 4.06. The normalized spacial score (nSPS) is 11.2. The Morgan fingerprint density at radius 2 is 2.14 bits per heavy atom. The fourth-order valence-electron chi connectivity index (χ4n) is 1.92. The highest BCUT2D eigenvalue weighted by Gasteiger charge is 2.10. The van der Waals surface area contributed by atoms with Gasteiger partial charge >= 0.3 is 5.97 Å². The molecule has 0 radical (unpaired) electrons. The van der Waals surface area contributed by atoms with Gasteiger partial charge in [-0.15, -0.1) is 0 Å². The van der Waals surface area contributed by atoms with Crippen LogP contribution in [0.15, 0.2) is 24.3 Å². The van der Waals surface area contributed by atoms with Gasteiger partial charge in [-0.25, -0.2) is 14.5 Å². The second-order valence-corrected chi connectivity index (χ2v) is 4.85. The smallest absolute Gasteiger partial charge is 0.328 e. The summed E-state index contributed by atoms with van der Waals surface area (Å²) in [5.41, 5.74) is 1.47. The van der Waals surface area contributed by atoms with Crippen LogP contribution in [0.3, 0.4) is 0 Å². The van der Waals surface area contributed by atoms with E-state index in [1.165, 1.54) is 6.08 Å². The summed E-state index contributed by atoms with van der Waals surface area (Å²) in [5, 5.41) is 13.6. The Hall–Kier alpha value is -2.14. The number of carboxylic acid groups (broad SMARTS) is 1. The Kier molecular flexibility index (Phi) is 4.75. The lowest BCUT2D eigenvalue weighted by Crippen LogP contribution is -2.02. The van der Waals surface area contributed by atoms with E-state index in [2.05, 4.69) is 10.1 Å². The van der Waals surface area contributed by atoms with Crippen molar-refractivity contribution in [1.29, 1.82) is 0 Å². The molecule has 0 unspecified atom stereocenters. The lowest BCUT2D eigenvalue weighted by Gasteiger charge is -2.06. The van der Waals surface area contributed by atoms with Crippen LogP contribution in [0.1, 0.15) is 31.1 Å².